The summed E-state index contributed by atoms with van der Waals surface area (Å²) in [4.78, 5) is 4.33. The Hall–Kier alpha value is -0.980. The molecule has 1 heterocycles. The van der Waals surface area contributed by atoms with Crippen molar-refractivity contribution in [3.05, 3.63) is 11.7 Å². The van der Waals surface area contributed by atoms with Crippen molar-refractivity contribution in [3.8, 4) is 0 Å². The Bertz CT molecular complexity index is 400. The summed E-state index contributed by atoms with van der Waals surface area (Å²) >= 11 is 0. The predicted molar refractivity (Wildman–Crippen MR) is 69.2 cm³/mol. The van der Waals surface area contributed by atoms with E-state index >= 15 is 0 Å². The second-order valence-electron chi connectivity index (χ2n) is 5.36. The van der Waals surface area contributed by atoms with Crippen molar-refractivity contribution in [3.63, 3.8) is 0 Å². The van der Waals surface area contributed by atoms with Crippen LogP contribution in [0.5, 0.6) is 0 Å². The van der Waals surface area contributed by atoms with Gasteiger partial charge < -0.3 is 20.1 Å². The lowest BCUT2D eigenvalue weighted by molar-refractivity contribution is -0.0847. The normalized spacial score (nSPS) is 29.4. The average Bonchev–Trinajstić information content (AvgIpc) is 2.91. The van der Waals surface area contributed by atoms with Gasteiger partial charge in [0.2, 0.25) is 11.7 Å². The van der Waals surface area contributed by atoms with E-state index in [0.717, 1.165) is 25.7 Å². The van der Waals surface area contributed by atoms with Crippen LogP contribution in [0.4, 0.5) is 0 Å². The van der Waals surface area contributed by atoms with Gasteiger partial charge in [0.05, 0.1) is 6.61 Å². The molecule has 1 aliphatic rings. The minimum Gasteiger partial charge on any atom is -0.394 e. The van der Waals surface area contributed by atoms with Gasteiger partial charge in [-0.3, -0.25) is 0 Å². The molecular weight excluding hydrogens is 246 g/mol. The molecule has 1 aliphatic carbocycles. The van der Waals surface area contributed by atoms with Crippen molar-refractivity contribution < 1.29 is 14.4 Å². The molecule has 0 spiro atoms. The van der Waals surface area contributed by atoms with E-state index in [9.17, 15) is 0 Å². The molecule has 0 bridgehead atoms. The largest absolute Gasteiger partial charge is 0.394 e. The van der Waals surface area contributed by atoms with Crippen molar-refractivity contribution in [2.24, 2.45) is 11.7 Å². The van der Waals surface area contributed by atoms with Crippen LogP contribution in [-0.2, 0) is 10.3 Å². The molecule has 0 amide bonds. The third kappa shape index (κ3) is 2.96. The summed E-state index contributed by atoms with van der Waals surface area (Å²) < 4.78 is 11.1. The lowest BCUT2D eigenvalue weighted by Gasteiger charge is -2.36. The average molecular weight is 269 g/mol. The summed E-state index contributed by atoms with van der Waals surface area (Å²) in [5.74, 6) is 1.55. The number of nitrogens with two attached hydrogens (primary N) is 1. The van der Waals surface area contributed by atoms with Gasteiger partial charge in [-0.25, -0.2) is 0 Å². The molecule has 108 valence electrons. The monoisotopic (exact) mass is 269 g/mol. The molecule has 6 heteroatoms. The molecule has 0 aromatic carbocycles. The molecule has 19 heavy (non-hydrogen) atoms. The molecule has 6 nitrogen and oxygen atoms in total. The highest BCUT2D eigenvalue weighted by atomic mass is 16.5. The Morgan fingerprint density at radius 2 is 2.21 bits per heavy atom. The molecule has 2 rings (SSSR count). The molecule has 3 N–H and O–H groups in total. The van der Waals surface area contributed by atoms with Gasteiger partial charge in [-0.1, -0.05) is 12.1 Å². The maximum atomic E-state index is 9.03. The summed E-state index contributed by atoms with van der Waals surface area (Å²) in [5, 5.41) is 13.0. The smallest absolute Gasteiger partial charge is 0.246 e. The Balaban J connectivity index is 2.21. The van der Waals surface area contributed by atoms with Gasteiger partial charge >= 0.3 is 0 Å². The number of hydrogen-bond donors (Lipinski definition) is 2. The number of ether oxygens (including phenoxy) is 1. The lowest BCUT2D eigenvalue weighted by Crippen LogP contribution is -2.35. The summed E-state index contributed by atoms with van der Waals surface area (Å²) in [6.07, 6.45) is 3.98. The van der Waals surface area contributed by atoms with Crippen molar-refractivity contribution in [2.45, 2.75) is 51.2 Å². The van der Waals surface area contributed by atoms with Crippen molar-refractivity contribution in [1.29, 1.82) is 0 Å². The molecule has 1 aromatic heterocycles. The van der Waals surface area contributed by atoms with Crippen LogP contribution in [0.25, 0.3) is 0 Å². The third-order valence-electron chi connectivity index (χ3n) is 3.87. The van der Waals surface area contributed by atoms with Gasteiger partial charge in [-0.2, -0.15) is 4.98 Å². The molecule has 1 fully saturated rings. The number of nitrogens with zero attached hydrogens (tertiary/aromatic N) is 2. The number of aliphatic hydroxyl groups is 1. The zero-order chi connectivity index (χ0) is 13.9. The highest BCUT2D eigenvalue weighted by molar-refractivity contribution is 5.05. The highest BCUT2D eigenvalue weighted by Gasteiger charge is 2.41. The number of aromatic nitrogens is 2. The summed E-state index contributed by atoms with van der Waals surface area (Å²) in [6.45, 7) is 4.63. The van der Waals surface area contributed by atoms with Crippen molar-refractivity contribution in [2.75, 3.05) is 13.2 Å². The van der Waals surface area contributed by atoms with E-state index in [2.05, 4.69) is 17.1 Å². The maximum absolute atomic E-state index is 9.03. The first-order chi connectivity index (χ1) is 9.11. The van der Waals surface area contributed by atoms with Crippen LogP contribution in [-0.4, -0.2) is 28.5 Å². The first-order valence-corrected chi connectivity index (χ1v) is 6.95. The molecule has 1 saturated carbocycles. The third-order valence-corrected chi connectivity index (χ3v) is 3.87. The number of hydrogen-bond acceptors (Lipinski definition) is 6. The van der Waals surface area contributed by atoms with E-state index in [4.69, 9.17) is 20.1 Å². The van der Waals surface area contributed by atoms with Crippen LogP contribution < -0.4 is 5.73 Å². The van der Waals surface area contributed by atoms with Crippen LogP contribution >= 0.6 is 0 Å². The second kappa shape index (κ2) is 5.98. The predicted octanol–water partition coefficient (Wildman–Crippen LogP) is 1.50. The topological polar surface area (TPSA) is 94.4 Å². The fraction of sp³-hybridized carbons (Fsp3) is 0.846. The quantitative estimate of drug-likeness (QED) is 0.841. The molecule has 0 saturated heterocycles. The zero-order valence-electron chi connectivity index (χ0n) is 11.6. The van der Waals surface area contributed by atoms with E-state index < -0.39 is 11.6 Å². The van der Waals surface area contributed by atoms with Crippen LogP contribution in [0.3, 0.4) is 0 Å². The summed E-state index contributed by atoms with van der Waals surface area (Å²) in [6, 6.07) is -0.623. The lowest BCUT2D eigenvalue weighted by atomic mass is 9.79. The molecule has 1 atom stereocenters. The second-order valence-corrected chi connectivity index (χ2v) is 5.36. The fourth-order valence-electron chi connectivity index (χ4n) is 2.59. The minimum atomic E-state index is -0.623. The van der Waals surface area contributed by atoms with E-state index in [1.54, 1.807) is 0 Å². The zero-order valence-corrected chi connectivity index (χ0v) is 11.6. The van der Waals surface area contributed by atoms with Gasteiger partial charge in [0.15, 0.2) is 0 Å². The van der Waals surface area contributed by atoms with Gasteiger partial charge in [-0.15, -0.1) is 0 Å². The van der Waals surface area contributed by atoms with E-state index in [0.29, 0.717) is 18.3 Å². The Kier molecular flexibility index (Phi) is 4.54. The van der Waals surface area contributed by atoms with E-state index in [1.807, 2.05) is 6.92 Å². The van der Waals surface area contributed by atoms with E-state index in [1.165, 1.54) is 0 Å². The molecule has 0 radical (unpaired) electrons. The van der Waals surface area contributed by atoms with Crippen LogP contribution in [0.15, 0.2) is 4.52 Å². The maximum Gasteiger partial charge on any atom is 0.246 e. The first kappa shape index (κ1) is 14.4. The van der Waals surface area contributed by atoms with E-state index in [-0.39, 0.29) is 12.5 Å². The summed E-state index contributed by atoms with van der Waals surface area (Å²) in [7, 11) is 0. The van der Waals surface area contributed by atoms with Gasteiger partial charge in [0, 0.05) is 6.61 Å². The molecular formula is C13H23N3O3. The highest BCUT2D eigenvalue weighted by Crippen LogP contribution is 2.41. The Morgan fingerprint density at radius 1 is 1.53 bits per heavy atom. The van der Waals surface area contributed by atoms with Crippen molar-refractivity contribution >= 4 is 0 Å². The Labute approximate surface area is 113 Å². The van der Waals surface area contributed by atoms with Crippen LogP contribution in [0, 0.1) is 5.92 Å². The van der Waals surface area contributed by atoms with Gasteiger partial charge in [0.1, 0.15) is 11.6 Å². The van der Waals surface area contributed by atoms with Crippen LogP contribution in [0.1, 0.15) is 57.3 Å². The first-order valence-electron chi connectivity index (χ1n) is 6.95. The van der Waals surface area contributed by atoms with Gasteiger partial charge in [0.25, 0.3) is 0 Å². The van der Waals surface area contributed by atoms with Crippen LogP contribution in [0.2, 0.25) is 0 Å². The van der Waals surface area contributed by atoms with Gasteiger partial charge in [-0.05, 0) is 38.5 Å². The summed E-state index contributed by atoms with van der Waals surface area (Å²) in [5.41, 5.74) is 5.24. The number of rotatable bonds is 5. The standard InChI is InChI=1S/C13H23N3O3/c1-3-18-13(6-4-9(2)5-7-13)12-15-11(19-16-12)10(14)8-17/h9-10,17H,3-8,14H2,1-2H3. The minimum absolute atomic E-state index is 0.208. The fourth-order valence-corrected chi connectivity index (χ4v) is 2.59. The number of aliphatic hydroxyl groups excluding tert-OH is 1. The SMILES string of the molecule is CCOC1(c2noc(C(N)CO)n2)CCC(C)CC1. The molecule has 0 aliphatic heterocycles. The molecule has 1 unspecified atom stereocenters. The van der Waals surface area contributed by atoms with Crippen molar-refractivity contribution in [1.82, 2.24) is 10.1 Å². The Morgan fingerprint density at radius 3 is 2.79 bits per heavy atom. The molecule has 1 aromatic rings.